The number of hydrogen-bond donors (Lipinski definition) is 0. The van der Waals surface area contributed by atoms with Gasteiger partial charge in [-0.2, -0.15) is 0 Å². The second-order valence-corrected chi connectivity index (χ2v) is 7.84. The van der Waals surface area contributed by atoms with Crippen molar-refractivity contribution < 1.29 is 19.1 Å². The van der Waals surface area contributed by atoms with E-state index in [4.69, 9.17) is 9.47 Å². The molecule has 5 heteroatoms. The maximum absolute atomic E-state index is 12.5. The highest BCUT2D eigenvalue weighted by molar-refractivity contribution is 8.18. The highest BCUT2D eigenvalue weighted by Gasteiger charge is 2.31. The smallest absolute Gasteiger partial charge is 0.351 e. The third kappa shape index (κ3) is 3.00. The summed E-state index contributed by atoms with van der Waals surface area (Å²) in [6.45, 7) is 4.07. The lowest BCUT2D eigenvalue weighted by molar-refractivity contribution is -0.137. The molecular formula is C20H20O4S. The van der Waals surface area contributed by atoms with Gasteiger partial charge in [-0.3, -0.25) is 0 Å². The van der Waals surface area contributed by atoms with E-state index in [1.165, 1.54) is 14.2 Å². The van der Waals surface area contributed by atoms with Crippen molar-refractivity contribution in [3.63, 3.8) is 0 Å². The third-order valence-corrected chi connectivity index (χ3v) is 6.79. The minimum atomic E-state index is -0.845. The molecule has 1 unspecified atom stereocenters. The predicted octanol–water partition coefficient (Wildman–Crippen LogP) is 3.41. The summed E-state index contributed by atoms with van der Waals surface area (Å²) in [6, 6.07) is 12.1. The molecule has 0 N–H and O–H groups in total. The maximum atomic E-state index is 12.5. The van der Waals surface area contributed by atoms with Crippen molar-refractivity contribution >= 4 is 27.3 Å². The Balaban J connectivity index is 2.45. The topological polar surface area (TPSA) is 52.6 Å². The van der Waals surface area contributed by atoms with Gasteiger partial charge in [0.05, 0.1) is 14.2 Å². The van der Waals surface area contributed by atoms with E-state index < -0.39 is 22.4 Å². The van der Waals surface area contributed by atoms with Gasteiger partial charge in [-0.25, -0.2) is 9.59 Å². The predicted molar refractivity (Wildman–Crippen MR) is 98.3 cm³/mol. The van der Waals surface area contributed by atoms with Crippen LogP contribution in [0, 0.1) is 13.8 Å². The van der Waals surface area contributed by atoms with E-state index in [9.17, 15) is 9.59 Å². The molecule has 130 valence electrons. The first-order chi connectivity index (χ1) is 12.0. The molecule has 0 aromatic heterocycles. The van der Waals surface area contributed by atoms with Crippen LogP contribution in [0.1, 0.15) is 22.3 Å². The molecule has 25 heavy (non-hydrogen) atoms. The van der Waals surface area contributed by atoms with Crippen LogP contribution in [0.5, 0.6) is 0 Å². The standard InChI is InChI=1S/C20H20O4S/c1-12-9-13(2)17-15(10-12)11-14-7-5-6-8-16(14)25(17)18(19(21)23-3)20(22)24-4/h5-10H,11H2,1-4H3. The van der Waals surface area contributed by atoms with Crippen molar-refractivity contribution in [3.05, 3.63) is 58.7 Å². The molecule has 1 atom stereocenters. The van der Waals surface area contributed by atoms with Crippen molar-refractivity contribution in [2.75, 3.05) is 14.2 Å². The van der Waals surface area contributed by atoms with E-state index in [-0.39, 0.29) is 4.86 Å². The Labute approximate surface area is 149 Å². The third-order valence-electron chi connectivity index (χ3n) is 4.22. The van der Waals surface area contributed by atoms with Gasteiger partial charge in [0.1, 0.15) is 0 Å². The molecule has 2 aromatic rings. The molecule has 4 nitrogen and oxygen atoms in total. The number of hydrogen-bond acceptors (Lipinski definition) is 4. The summed E-state index contributed by atoms with van der Waals surface area (Å²) in [6.07, 6.45) is 0.785. The number of rotatable bonds is 2. The monoisotopic (exact) mass is 356 g/mol. The van der Waals surface area contributed by atoms with Gasteiger partial charge in [0, 0.05) is 9.79 Å². The first kappa shape index (κ1) is 17.4. The number of aryl methyl sites for hydroxylation is 2. The molecule has 3 rings (SSSR count). The van der Waals surface area contributed by atoms with E-state index in [1.54, 1.807) is 0 Å². The normalized spacial score (nSPS) is 15.0. The van der Waals surface area contributed by atoms with Gasteiger partial charge in [-0.1, -0.05) is 35.9 Å². The molecule has 0 saturated carbocycles. The summed E-state index contributed by atoms with van der Waals surface area (Å²) in [4.78, 5) is 27.0. The van der Waals surface area contributed by atoms with Crippen LogP contribution in [0.25, 0.3) is 0 Å². The molecule has 1 aliphatic heterocycles. The van der Waals surface area contributed by atoms with Gasteiger partial charge in [0.15, 0.2) is 4.86 Å². The van der Waals surface area contributed by atoms with Crippen molar-refractivity contribution in [1.29, 1.82) is 0 Å². The zero-order chi connectivity index (χ0) is 18.1. The summed E-state index contributed by atoms with van der Waals surface area (Å²) in [7, 11) is 1.73. The van der Waals surface area contributed by atoms with Crippen molar-refractivity contribution in [2.24, 2.45) is 0 Å². The summed E-state index contributed by atoms with van der Waals surface area (Å²) in [5.41, 5.74) is 4.49. The van der Waals surface area contributed by atoms with E-state index in [0.717, 1.165) is 38.5 Å². The van der Waals surface area contributed by atoms with Crippen LogP contribution >= 0.6 is 10.5 Å². The molecule has 0 radical (unpaired) electrons. The fraction of sp³-hybridized carbons (Fsp3) is 0.250. The highest BCUT2D eigenvalue weighted by atomic mass is 32.2. The lowest BCUT2D eigenvalue weighted by atomic mass is 10.00. The molecule has 0 bridgehead atoms. The first-order valence-corrected chi connectivity index (χ1v) is 9.16. The molecule has 0 aliphatic carbocycles. The van der Waals surface area contributed by atoms with E-state index in [1.807, 2.05) is 31.2 Å². The van der Waals surface area contributed by atoms with Crippen LogP contribution in [0.15, 0.2) is 46.2 Å². The van der Waals surface area contributed by atoms with Crippen LogP contribution < -0.4 is 0 Å². The van der Waals surface area contributed by atoms with Gasteiger partial charge in [-0.15, -0.1) is 10.5 Å². The molecular weight excluding hydrogens is 336 g/mol. The van der Waals surface area contributed by atoms with Gasteiger partial charge < -0.3 is 9.47 Å². The number of ether oxygens (including phenoxy) is 2. The van der Waals surface area contributed by atoms with Gasteiger partial charge in [0.2, 0.25) is 0 Å². The Morgan fingerprint density at radius 2 is 1.60 bits per heavy atom. The van der Waals surface area contributed by atoms with E-state index in [2.05, 4.69) is 19.1 Å². The number of carbonyl (C=O) groups is 2. The van der Waals surface area contributed by atoms with Crippen LogP contribution in [0.2, 0.25) is 0 Å². The molecule has 0 fully saturated rings. The number of methoxy groups -OCH3 is 2. The SMILES string of the molecule is COC(=O)C(C(=O)OC)=S1c2ccccc2Cc2cc(C)cc(C)c21. The second-order valence-electron chi connectivity index (χ2n) is 5.97. The Morgan fingerprint density at radius 3 is 2.24 bits per heavy atom. The van der Waals surface area contributed by atoms with Crippen LogP contribution in [-0.4, -0.2) is 31.0 Å². The fourth-order valence-corrected chi connectivity index (χ4v) is 5.81. The van der Waals surface area contributed by atoms with Crippen molar-refractivity contribution in [1.82, 2.24) is 0 Å². The summed E-state index contributed by atoms with van der Waals surface area (Å²) in [5, 5.41) is 0. The minimum absolute atomic E-state index is 0.0466. The zero-order valence-corrected chi connectivity index (χ0v) is 15.5. The average Bonchev–Trinajstić information content (AvgIpc) is 2.60. The largest absolute Gasteiger partial charge is 0.465 e. The number of fused-ring (bicyclic) bond motifs is 2. The lowest BCUT2D eigenvalue weighted by Crippen LogP contribution is -2.28. The van der Waals surface area contributed by atoms with Gasteiger partial charge in [-0.05, 0) is 43.0 Å². The molecule has 1 aliphatic rings. The second kappa shape index (κ2) is 6.84. The molecule has 0 spiro atoms. The average molecular weight is 356 g/mol. The molecule has 2 aromatic carbocycles. The Hall–Kier alpha value is -2.40. The number of benzene rings is 2. The number of carbonyl (C=O) groups excluding carboxylic acids is 2. The molecule has 0 amide bonds. The number of esters is 2. The summed E-state index contributed by atoms with van der Waals surface area (Å²) >= 11 is 0. The van der Waals surface area contributed by atoms with Crippen molar-refractivity contribution in [3.8, 4) is 0 Å². The fourth-order valence-electron chi connectivity index (χ4n) is 3.28. The Kier molecular flexibility index (Phi) is 4.77. The van der Waals surface area contributed by atoms with Crippen LogP contribution in [0.4, 0.5) is 0 Å². The van der Waals surface area contributed by atoms with Gasteiger partial charge in [0.25, 0.3) is 0 Å². The molecule has 1 heterocycles. The Bertz CT molecular complexity index is 894. The maximum Gasteiger partial charge on any atom is 0.351 e. The van der Waals surface area contributed by atoms with Crippen LogP contribution in [-0.2, 0) is 25.5 Å². The Morgan fingerprint density at radius 1 is 0.960 bits per heavy atom. The molecule has 0 saturated heterocycles. The van der Waals surface area contributed by atoms with E-state index >= 15 is 0 Å². The van der Waals surface area contributed by atoms with Crippen molar-refractivity contribution in [2.45, 2.75) is 30.1 Å². The zero-order valence-electron chi connectivity index (χ0n) is 14.7. The van der Waals surface area contributed by atoms with E-state index in [0.29, 0.717) is 0 Å². The highest BCUT2D eigenvalue weighted by Crippen LogP contribution is 2.48. The van der Waals surface area contributed by atoms with Crippen LogP contribution in [0.3, 0.4) is 0 Å². The summed E-state index contributed by atoms with van der Waals surface area (Å²) in [5.74, 6) is -1.28. The minimum Gasteiger partial charge on any atom is -0.465 e. The lowest BCUT2D eigenvalue weighted by Gasteiger charge is -2.27. The summed E-state index contributed by atoms with van der Waals surface area (Å²) < 4.78 is 9.82. The first-order valence-electron chi connectivity index (χ1n) is 7.93. The van der Waals surface area contributed by atoms with Gasteiger partial charge >= 0.3 is 11.9 Å². The quantitative estimate of drug-likeness (QED) is 0.401.